The fourth-order valence-corrected chi connectivity index (χ4v) is 3.08. The molecule has 6 heteroatoms. The van der Waals surface area contributed by atoms with Gasteiger partial charge in [0, 0.05) is 19.3 Å². The van der Waals surface area contributed by atoms with Crippen LogP contribution in [0.15, 0.2) is 36.7 Å². The highest BCUT2D eigenvalue weighted by atomic mass is 16.2. The van der Waals surface area contributed by atoms with E-state index >= 15 is 0 Å². The van der Waals surface area contributed by atoms with Gasteiger partial charge in [-0.15, -0.1) is 0 Å². The number of aryl methyl sites for hydroxylation is 2. The molecule has 1 aliphatic rings. The zero-order valence-electron chi connectivity index (χ0n) is 13.1. The van der Waals surface area contributed by atoms with Gasteiger partial charge in [0.25, 0.3) is 5.91 Å². The van der Waals surface area contributed by atoms with E-state index in [1.54, 1.807) is 17.3 Å². The zero-order chi connectivity index (χ0) is 16.0. The molecule has 3 aromatic rings. The number of aromatic nitrogens is 4. The Hall–Kier alpha value is -2.76. The van der Waals surface area contributed by atoms with Crippen molar-refractivity contribution in [3.63, 3.8) is 0 Å². The van der Waals surface area contributed by atoms with Gasteiger partial charge in [0.15, 0.2) is 0 Å². The molecule has 3 heterocycles. The Balaban J connectivity index is 1.54. The molecule has 0 atom stereocenters. The molecule has 0 saturated carbocycles. The first-order chi connectivity index (χ1) is 11.1. The van der Waals surface area contributed by atoms with E-state index in [1.807, 2.05) is 32.0 Å². The van der Waals surface area contributed by atoms with Gasteiger partial charge in [-0.05, 0) is 26.0 Å². The predicted octanol–water partition coefficient (Wildman–Crippen LogP) is 2.14. The number of carbonyl (C=O) groups excluding carboxylic acids is 1. The summed E-state index contributed by atoms with van der Waals surface area (Å²) in [6.45, 7) is 5.22. The Kier molecular flexibility index (Phi) is 3.11. The fourth-order valence-electron chi connectivity index (χ4n) is 3.08. The second kappa shape index (κ2) is 5.15. The molecule has 116 valence electrons. The summed E-state index contributed by atoms with van der Waals surface area (Å²) in [5.41, 5.74) is 3.33. The summed E-state index contributed by atoms with van der Waals surface area (Å²) in [7, 11) is 0. The van der Waals surface area contributed by atoms with Crippen LogP contribution in [0.1, 0.15) is 28.0 Å². The van der Waals surface area contributed by atoms with Crippen molar-refractivity contribution >= 4 is 16.9 Å². The average molecular weight is 307 g/mol. The Bertz CT molecular complexity index is 878. The molecular weight excluding hydrogens is 290 g/mol. The number of nitrogens with zero attached hydrogens (tertiary/aromatic N) is 5. The van der Waals surface area contributed by atoms with Crippen molar-refractivity contribution in [1.29, 1.82) is 0 Å². The first kappa shape index (κ1) is 13.9. The van der Waals surface area contributed by atoms with Crippen LogP contribution in [0.5, 0.6) is 0 Å². The average Bonchev–Trinajstić information content (AvgIpc) is 2.83. The van der Waals surface area contributed by atoms with Gasteiger partial charge in [-0.1, -0.05) is 12.1 Å². The molecule has 1 fully saturated rings. The summed E-state index contributed by atoms with van der Waals surface area (Å²) in [5.74, 6) is 0.925. The van der Waals surface area contributed by atoms with Crippen LogP contribution in [0.25, 0.3) is 11.0 Å². The molecule has 0 N–H and O–H groups in total. The number of carbonyl (C=O) groups is 1. The summed E-state index contributed by atoms with van der Waals surface area (Å²) in [6, 6.07) is 8.37. The lowest BCUT2D eigenvalue weighted by Gasteiger charge is -2.40. The van der Waals surface area contributed by atoms with E-state index < -0.39 is 0 Å². The number of likely N-dealkylation sites (tertiary alicyclic amines) is 1. The minimum Gasteiger partial charge on any atom is -0.333 e. The van der Waals surface area contributed by atoms with E-state index in [4.69, 9.17) is 0 Å². The van der Waals surface area contributed by atoms with Crippen LogP contribution in [0.2, 0.25) is 0 Å². The molecule has 2 aromatic heterocycles. The predicted molar refractivity (Wildman–Crippen MR) is 86.2 cm³/mol. The lowest BCUT2D eigenvalue weighted by atomic mass is 10.1. The number of imidazole rings is 1. The first-order valence-electron chi connectivity index (χ1n) is 7.65. The maximum absolute atomic E-state index is 12.4. The van der Waals surface area contributed by atoms with Crippen molar-refractivity contribution in [3.05, 3.63) is 53.9 Å². The molecule has 0 radical (unpaired) electrons. The maximum Gasteiger partial charge on any atom is 0.274 e. The lowest BCUT2D eigenvalue weighted by molar-refractivity contribution is 0.0516. The fraction of sp³-hybridized carbons (Fsp3) is 0.294. The molecule has 6 nitrogen and oxygen atoms in total. The van der Waals surface area contributed by atoms with Gasteiger partial charge in [-0.2, -0.15) is 0 Å². The van der Waals surface area contributed by atoms with Gasteiger partial charge in [0.05, 0.1) is 29.0 Å². The highest BCUT2D eigenvalue weighted by molar-refractivity contribution is 5.92. The van der Waals surface area contributed by atoms with E-state index in [2.05, 4.69) is 25.6 Å². The monoisotopic (exact) mass is 307 g/mol. The smallest absolute Gasteiger partial charge is 0.274 e. The highest BCUT2D eigenvalue weighted by Gasteiger charge is 2.34. The third kappa shape index (κ3) is 2.27. The number of hydrogen-bond donors (Lipinski definition) is 0. The molecule has 1 amide bonds. The van der Waals surface area contributed by atoms with Gasteiger partial charge in [0.2, 0.25) is 0 Å². The van der Waals surface area contributed by atoms with Crippen molar-refractivity contribution in [3.8, 4) is 0 Å². The normalized spacial score (nSPS) is 15.0. The quantitative estimate of drug-likeness (QED) is 0.727. The molecule has 1 aromatic carbocycles. The van der Waals surface area contributed by atoms with E-state index in [1.165, 1.54) is 0 Å². The summed E-state index contributed by atoms with van der Waals surface area (Å²) in [6.07, 6.45) is 3.17. The van der Waals surface area contributed by atoms with Crippen LogP contribution in [-0.4, -0.2) is 43.4 Å². The molecule has 0 unspecified atom stereocenters. The number of benzene rings is 1. The van der Waals surface area contributed by atoms with Gasteiger partial charge in [0.1, 0.15) is 11.5 Å². The largest absolute Gasteiger partial charge is 0.333 e. The van der Waals surface area contributed by atoms with Crippen molar-refractivity contribution in [2.75, 3.05) is 13.1 Å². The SMILES string of the molecule is Cc1cnc(C(=O)N2CC(n3c(C)nc4ccccc43)C2)cn1. The van der Waals surface area contributed by atoms with E-state index in [9.17, 15) is 4.79 Å². The van der Waals surface area contributed by atoms with Gasteiger partial charge in [-0.25, -0.2) is 9.97 Å². The molecule has 1 saturated heterocycles. The lowest BCUT2D eigenvalue weighted by Crippen LogP contribution is -2.51. The van der Waals surface area contributed by atoms with E-state index in [0.717, 1.165) is 22.6 Å². The molecule has 4 rings (SSSR count). The van der Waals surface area contributed by atoms with Crippen molar-refractivity contribution < 1.29 is 4.79 Å². The molecule has 0 bridgehead atoms. The standard InChI is InChI=1S/C17H17N5O/c1-11-7-19-15(8-18-11)17(23)21-9-13(10-21)22-12(2)20-14-5-3-4-6-16(14)22/h3-8,13H,9-10H2,1-2H3. The van der Waals surface area contributed by atoms with Crippen molar-refractivity contribution in [2.45, 2.75) is 19.9 Å². The van der Waals surface area contributed by atoms with Crippen molar-refractivity contribution in [2.24, 2.45) is 0 Å². The van der Waals surface area contributed by atoms with Crippen LogP contribution in [0.4, 0.5) is 0 Å². The summed E-state index contributed by atoms with van der Waals surface area (Å²) >= 11 is 0. The third-order valence-electron chi connectivity index (χ3n) is 4.29. The second-order valence-corrected chi connectivity index (χ2v) is 5.92. The molecule has 0 aliphatic carbocycles. The Morgan fingerprint density at radius 2 is 1.91 bits per heavy atom. The van der Waals surface area contributed by atoms with Gasteiger partial charge >= 0.3 is 0 Å². The van der Waals surface area contributed by atoms with Gasteiger partial charge in [-0.3, -0.25) is 9.78 Å². The number of fused-ring (bicyclic) bond motifs is 1. The zero-order valence-corrected chi connectivity index (χ0v) is 13.1. The Morgan fingerprint density at radius 3 is 2.65 bits per heavy atom. The van der Waals surface area contributed by atoms with Crippen LogP contribution >= 0.6 is 0 Å². The summed E-state index contributed by atoms with van der Waals surface area (Å²) in [4.78, 5) is 27.1. The molecule has 1 aliphatic heterocycles. The van der Waals surface area contributed by atoms with E-state index in [0.29, 0.717) is 18.8 Å². The maximum atomic E-state index is 12.4. The molecule has 0 spiro atoms. The number of hydrogen-bond acceptors (Lipinski definition) is 4. The minimum atomic E-state index is -0.0594. The Labute approximate surface area is 133 Å². The highest BCUT2D eigenvalue weighted by Crippen LogP contribution is 2.28. The molecule has 23 heavy (non-hydrogen) atoms. The van der Waals surface area contributed by atoms with Crippen LogP contribution in [0.3, 0.4) is 0 Å². The number of para-hydroxylation sites is 2. The number of amides is 1. The number of rotatable bonds is 2. The van der Waals surface area contributed by atoms with Crippen molar-refractivity contribution in [1.82, 2.24) is 24.4 Å². The summed E-state index contributed by atoms with van der Waals surface area (Å²) in [5, 5.41) is 0. The Morgan fingerprint density at radius 1 is 1.13 bits per heavy atom. The van der Waals surface area contributed by atoms with Crippen LogP contribution < -0.4 is 0 Å². The first-order valence-corrected chi connectivity index (χ1v) is 7.65. The van der Waals surface area contributed by atoms with Crippen LogP contribution in [0, 0.1) is 13.8 Å². The second-order valence-electron chi connectivity index (χ2n) is 5.92. The summed E-state index contributed by atoms with van der Waals surface area (Å²) < 4.78 is 2.22. The van der Waals surface area contributed by atoms with Gasteiger partial charge < -0.3 is 9.47 Å². The van der Waals surface area contributed by atoms with Crippen LogP contribution in [-0.2, 0) is 0 Å². The third-order valence-corrected chi connectivity index (χ3v) is 4.29. The topological polar surface area (TPSA) is 63.9 Å². The molecular formula is C17H17N5O. The van der Waals surface area contributed by atoms with E-state index in [-0.39, 0.29) is 11.9 Å². The minimum absolute atomic E-state index is 0.0594.